The highest BCUT2D eigenvalue weighted by atomic mass is 16.5. The van der Waals surface area contributed by atoms with Gasteiger partial charge in [-0.15, -0.1) is 0 Å². The van der Waals surface area contributed by atoms with Crippen molar-refractivity contribution >= 4 is 11.9 Å². The molecule has 2 rings (SSSR count). The fourth-order valence-electron chi connectivity index (χ4n) is 3.43. The largest absolute Gasteiger partial charge is 0.385 e. The number of urea groups is 1. The molecule has 2 N–H and O–H groups in total. The molecule has 0 aromatic carbocycles. The molecule has 23 heavy (non-hydrogen) atoms. The lowest BCUT2D eigenvalue weighted by Crippen LogP contribution is -2.49. The minimum Gasteiger partial charge on any atom is -0.385 e. The van der Waals surface area contributed by atoms with Crippen LogP contribution in [0, 0.1) is 5.92 Å². The normalized spacial score (nSPS) is 20.3. The highest BCUT2D eigenvalue weighted by Gasteiger charge is 2.28. The summed E-state index contributed by atoms with van der Waals surface area (Å²) < 4.78 is 4.97. The summed E-state index contributed by atoms with van der Waals surface area (Å²) in [7, 11) is 1.66. The third-order valence-corrected chi connectivity index (χ3v) is 4.91. The van der Waals surface area contributed by atoms with Gasteiger partial charge in [0.05, 0.1) is 0 Å². The molecule has 0 radical (unpaired) electrons. The number of rotatable bonds is 6. The van der Waals surface area contributed by atoms with Gasteiger partial charge >= 0.3 is 6.03 Å². The molecule has 0 bridgehead atoms. The summed E-state index contributed by atoms with van der Waals surface area (Å²) in [4.78, 5) is 26.2. The maximum atomic E-state index is 12.3. The van der Waals surface area contributed by atoms with E-state index in [0.29, 0.717) is 32.3 Å². The van der Waals surface area contributed by atoms with E-state index in [1.165, 1.54) is 19.3 Å². The molecule has 0 aromatic heterocycles. The van der Waals surface area contributed by atoms with Crippen LogP contribution in [-0.2, 0) is 9.53 Å². The summed E-state index contributed by atoms with van der Waals surface area (Å²) in [5.41, 5.74) is 0. The third kappa shape index (κ3) is 6.01. The van der Waals surface area contributed by atoms with Gasteiger partial charge in [-0.2, -0.15) is 0 Å². The van der Waals surface area contributed by atoms with E-state index in [9.17, 15) is 9.59 Å². The molecular formula is C17H31N3O3. The highest BCUT2D eigenvalue weighted by Crippen LogP contribution is 2.20. The van der Waals surface area contributed by atoms with Crippen LogP contribution in [0.2, 0.25) is 0 Å². The monoisotopic (exact) mass is 325 g/mol. The lowest BCUT2D eigenvalue weighted by atomic mass is 9.95. The Bertz CT molecular complexity index is 375. The first-order valence-corrected chi connectivity index (χ1v) is 9.03. The molecule has 3 amide bonds. The average Bonchev–Trinajstić information content (AvgIpc) is 2.59. The Labute approximate surface area is 139 Å². The number of carbonyl (C=O) groups is 2. The lowest BCUT2D eigenvalue weighted by Gasteiger charge is -2.33. The molecule has 1 saturated heterocycles. The molecule has 1 aliphatic heterocycles. The van der Waals surface area contributed by atoms with Crippen molar-refractivity contribution in [3.05, 3.63) is 0 Å². The second-order valence-corrected chi connectivity index (χ2v) is 6.68. The van der Waals surface area contributed by atoms with Crippen molar-refractivity contribution in [3.63, 3.8) is 0 Å². The number of methoxy groups -OCH3 is 1. The van der Waals surface area contributed by atoms with E-state index in [-0.39, 0.29) is 17.9 Å². The number of nitrogens with one attached hydrogen (secondary N) is 2. The van der Waals surface area contributed by atoms with E-state index in [0.717, 1.165) is 32.1 Å². The molecule has 6 heteroatoms. The molecule has 1 heterocycles. The SMILES string of the molecule is COCCCNC(=O)C1CCN(C(=O)NC2CCCCC2)CC1. The van der Waals surface area contributed by atoms with Crippen molar-refractivity contribution in [2.45, 2.75) is 57.4 Å². The fraction of sp³-hybridized carbons (Fsp3) is 0.882. The number of carbonyl (C=O) groups excluding carboxylic acids is 2. The quantitative estimate of drug-likeness (QED) is 0.733. The molecule has 1 saturated carbocycles. The van der Waals surface area contributed by atoms with E-state index in [1.54, 1.807) is 7.11 Å². The van der Waals surface area contributed by atoms with Crippen LogP contribution in [-0.4, -0.2) is 56.2 Å². The lowest BCUT2D eigenvalue weighted by molar-refractivity contribution is -0.126. The molecule has 2 fully saturated rings. The van der Waals surface area contributed by atoms with Crippen LogP contribution < -0.4 is 10.6 Å². The minimum absolute atomic E-state index is 0.0382. The number of amides is 3. The van der Waals surface area contributed by atoms with Crippen molar-refractivity contribution in [1.29, 1.82) is 0 Å². The fourth-order valence-corrected chi connectivity index (χ4v) is 3.43. The maximum absolute atomic E-state index is 12.3. The van der Waals surface area contributed by atoms with Crippen LogP contribution in [0.1, 0.15) is 51.4 Å². The van der Waals surface area contributed by atoms with Gasteiger partial charge in [0.25, 0.3) is 0 Å². The van der Waals surface area contributed by atoms with Gasteiger partial charge < -0.3 is 20.3 Å². The van der Waals surface area contributed by atoms with E-state index in [4.69, 9.17) is 4.74 Å². The zero-order valence-electron chi connectivity index (χ0n) is 14.3. The van der Waals surface area contributed by atoms with E-state index >= 15 is 0 Å². The summed E-state index contributed by atoms with van der Waals surface area (Å²) in [6, 6.07) is 0.397. The molecule has 0 unspecified atom stereocenters. The van der Waals surface area contributed by atoms with Gasteiger partial charge in [-0.3, -0.25) is 4.79 Å². The van der Waals surface area contributed by atoms with Crippen molar-refractivity contribution < 1.29 is 14.3 Å². The van der Waals surface area contributed by atoms with Crippen LogP contribution in [0.15, 0.2) is 0 Å². The predicted octanol–water partition coefficient (Wildman–Crippen LogP) is 1.89. The summed E-state index contributed by atoms with van der Waals surface area (Å²) in [6.07, 6.45) is 8.29. The maximum Gasteiger partial charge on any atom is 0.317 e. The smallest absolute Gasteiger partial charge is 0.317 e. The van der Waals surface area contributed by atoms with Gasteiger partial charge in [-0.1, -0.05) is 19.3 Å². The average molecular weight is 325 g/mol. The van der Waals surface area contributed by atoms with Crippen LogP contribution in [0.25, 0.3) is 0 Å². The highest BCUT2D eigenvalue weighted by molar-refractivity contribution is 5.79. The van der Waals surface area contributed by atoms with Crippen molar-refractivity contribution in [2.24, 2.45) is 5.92 Å². The van der Waals surface area contributed by atoms with E-state index in [2.05, 4.69) is 10.6 Å². The van der Waals surface area contributed by atoms with Gasteiger partial charge in [0.15, 0.2) is 0 Å². The van der Waals surface area contributed by atoms with Gasteiger partial charge in [-0.25, -0.2) is 4.79 Å². The standard InChI is InChI=1S/C17H31N3O3/c1-23-13-5-10-18-16(21)14-8-11-20(12-9-14)17(22)19-15-6-3-2-4-7-15/h14-15H,2-13H2,1H3,(H,18,21)(H,19,22). The van der Waals surface area contributed by atoms with Gasteiger partial charge in [0, 0.05) is 45.3 Å². The van der Waals surface area contributed by atoms with Crippen LogP contribution >= 0.6 is 0 Å². The first-order chi connectivity index (χ1) is 11.2. The van der Waals surface area contributed by atoms with Crippen molar-refractivity contribution in [2.75, 3.05) is 33.4 Å². The summed E-state index contributed by atoms with van der Waals surface area (Å²) >= 11 is 0. The molecule has 0 spiro atoms. The molecular weight excluding hydrogens is 294 g/mol. The Morgan fingerprint density at radius 3 is 2.43 bits per heavy atom. The number of hydrogen-bond acceptors (Lipinski definition) is 3. The third-order valence-electron chi connectivity index (χ3n) is 4.91. The van der Waals surface area contributed by atoms with Crippen LogP contribution in [0.4, 0.5) is 4.79 Å². The Kier molecular flexibility index (Phi) is 7.65. The Morgan fingerprint density at radius 2 is 1.78 bits per heavy atom. The van der Waals surface area contributed by atoms with E-state index in [1.807, 2.05) is 4.90 Å². The molecule has 1 aliphatic carbocycles. The molecule has 132 valence electrons. The summed E-state index contributed by atoms with van der Waals surface area (Å²) in [5.74, 6) is 0.157. The topological polar surface area (TPSA) is 70.7 Å². The zero-order valence-corrected chi connectivity index (χ0v) is 14.3. The summed E-state index contributed by atoms with van der Waals surface area (Å²) in [5, 5.41) is 6.11. The molecule has 0 atom stereocenters. The first kappa shape index (κ1) is 18.0. The molecule has 2 aliphatic rings. The zero-order chi connectivity index (χ0) is 16.5. The number of nitrogens with zero attached hydrogens (tertiary/aromatic N) is 1. The van der Waals surface area contributed by atoms with E-state index < -0.39 is 0 Å². The first-order valence-electron chi connectivity index (χ1n) is 9.03. The minimum atomic E-state index is 0.0382. The molecule has 6 nitrogen and oxygen atoms in total. The predicted molar refractivity (Wildman–Crippen MR) is 89.2 cm³/mol. The summed E-state index contributed by atoms with van der Waals surface area (Å²) in [6.45, 7) is 2.68. The second-order valence-electron chi connectivity index (χ2n) is 6.68. The van der Waals surface area contributed by atoms with Crippen molar-refractivity contribution in [3.8, 4) is 0 Å². The van der Waals surface area contributed by atoms with Crippen LogP contribution in [0.3, 0.4) is 0 Å². The van der Waals surface area contributed by atoms with Gasteiger partial charge in [0.2, 0.25) is 5.91 Å². The second kappa shape index (κ2) is 9.75. The van der Waals surface area contributed by atoms with Crippen molar-refractivity contribution in [1.82, 2.24) is 15.5 Å². The van der Waals surface area contributed by atoms with Gasteiger partial charge in [0.1, 0.15) is 0 Å². The number of piperidine rings is 1. The number of ether oxygens (including phenoxy) is 1. The van der Waals surface area contributed by atoms with Crippen LogP contribution in [0.5, 0.6) is 0 Å². The number of likely N-dealkylation sites (tertiary alicyclic amines) is 1. The number of hydrogen-bond donors (Lipinski definition) is 2. The Morgan fingerprint density at radius 1 is 1.09 bits per heavy atom. The Hall–Kier alpha value is -1.30. The molecule has 0 aromatic rings. The Balaban J connectivity index is 1.64. The van der Waals surface area contributed by atoms with Gasteiger partial charge in [-0.05, 0) is 32.1 Å².